The zero-order chi connectivity index (χ0) is 18.5. The highest BCUT2D eigenvalue weighted by molar-refractivity contribution is 5.75. The molecule has 0 bridgehead atoms. The average molecular weight is 358 g/mol. The molecule has 8 heteroatoms. The Balaban J connectivity index is 1.39. The van der Waals surface area contributed by atoms with Crippen LogP contribution in [0.25, 0.3) is 11.0 Å². The zero-order valence-corrected chi connectivity index (χ0v) is 15.0. The summed E-state index contributed by atoms with van der Waals surface area (Å²) in [5, 5.41) is 2.90. The van der Waals surface area contributed by atoms with Crippen molar-refractivity contribution >= 4 is 17.1 Å². The lowest BCUT2D eigenvalue weighted by molar-refractivity contribution is 0.207. The molecular formula is C18H23FN6O. The fourth-order valence-corrected chi connectivity index (χ4v) is 2.74. The number of halogens is 1. The van der Waals surface area contributed by atoms with E-state index in [-0.39, 0.29) is 11.8 Å². The smallest absolute Gasteiger partial charge is 0.317 e. The van der Waals surface area contributed by atoms with Gasteiger partial charge in [0, 0.05) is 45.5 Å². The maximum absolute atomic E-state index is 13.2. The minimum absolute atomic E-state index is 0.102. The van der Waals surface area contributed by atoms with Crippen LogP contribution < -0.4 is 5.32 Å². The summed E-state index contributed by atoms with van der Waals surface area (Å²) >= 11 is 0. The van der Waals surface area contributed by atoms with Gasteiger partial charge in [-0.15, -0.1) is 0 Å². The summed E-state index contributed by atoms with van der Waals surface area (Å²) in [6.45, 7) is 3.81. The molecule has 2 heterocycles. The molecule has 0 saturated heterocycles. The molecule has 2 aromatic heterocycles. The second-order valence-electron chi connectivity index (χ2n) is 6.27. The summed E-state index contributed by atoms with van der Waals surface area (Å²) in [6.07, 6.45) is 5.10. The van der Waals surface area contributed by atoms with Gasteiger partial charge in [-0.1, -0.05) is 0 Å². The van der Waals surface area contributed by atoms with E-state index in [9.17, 15) is 9.18 Å². The molecule has 3 rings (SSSR count). The third-order valence-corrected chi connectivity index (χ3v) is 4.31. The van der Waals surface area contributed by atoms with Crippen molar-refractivity contribution in [3.05, 3.63) is 48.1 Å². The Hall–Kier alpha value is -2.90. The summed E-state index contributed by atoms with van der Waals surface area (Å²) in [6, 6.07) is 4.39. The lowest BCUT2D eigenvalue weighted by Crippen LogP contribution is -2.39. The minimum atomic E-state index is -0.283. The summed E-state index contributed by atoms with van der Waals surface area (Å²) in [4.78, 5) is 25.4. The molecule has 3 aromatic rings. The monoisotopic (exact) mass is 358 g/mol. The van der Waals surface area contributed by atoms with Crippen LogP contribution in [0.15, 0.2) is 30.6 Å². The largest absolute Gasteiger partial charge is 0.342 e. The third-order valence-electron chi connectivity index (χ3n) is 4.31. The second-order valence-corrected chi connectivity index (χ2v) is 6.27. The summed E-state index contributed by atoms with van der Waals surface area (Å²) in [5.41, 5.74) is 1.44. The number of aromatic amines is 1. The second kappa shape index (κ2) is 7.99. The number of rotatable bonds is 7. The number of nitrogens with zero attached hydrogens (tertiary/aromatic N) is 4. The Morgan fingerprint density at radius 3 is 3.04 bits per heavy atom. The molecule has 0 aliphatic heterocycles. The molecule has 0 atom stereocenters. The Bertz CT molecular complexity index is 887. The van der Waals surface area contributed by atoms with Crippen LogP contribution in [-0.2, 0) is 13.0 Å². The number of urea groups is 1. The van der Waals surface area contributed by atoms with E-state index in [2.05, 4.69) is 20.3 Å². The number of hydrogen-bond acceptors (Lipinski definition) is 3. The Labute approximate surface area is 151 Å². The summed E-state index contributed by atoms with van der Waals surface area (Å²) in [7, 11) is 1.77. The van der Waals surface area contributed by atoms with Crippen molar-refractivity contribution < 1.29 is 9.18 Å². The molecule has 2 amide bonds. The van der Waals surface area contributed by atoms with E-state index in [1.165, 1.54) is 12.1 Å². The maximum Gasteiger partial charge on any atom is 0.317 e. The number of carbonyl (C=O) groups is 1. The van der Waals surface area contributed by atoms with Gasteiger partial charge in [0.2, 0.25) is 0 Å². The first kappa shape index (κ1) is 17.9. The maximum atomic E-state index is 13.2. The number of benzene rings is 1. The number of fused-ring (bicyclic) bond motifs is 1. The van der Waals surface area contributed by atoms with Gasteiger partial charge in [-0.25, -0.2) is 19.2 Å². The molecule has 0 aliphatic carbocycles. The molecule has 26 heavy (non-hydrogen) atoms. The van der Waals surface area contributed by atoms with Crippen LogP contribution in [0.1, 0.15) is 18.1 Å². The van der Waals surface area contributed by atoms with Crippen LogP contribution in [-0.4, -0.2) is 50.6 Å². The number of nitrogens with one attached hydrogen (secondary N) is 2. The van der Waals surface area contributed by atoms with Gasteiger partial charge >= 0.3 is 6.03 Å². The third kappa shape index (κ3) is 4.38. The molecule has 0 fully saturated rings. The lowest BCUT2D eigenvalue weighted by atomic mass is 10.3. The van der Waals surface area contributed by atoms with Gasteiger partial charge in [0.15, 0.2) is 0 Å². The normalized spacial score (nSPS) is 11.0. The molecule has 2 N–H and O–H groups in total. The lowest BCUT2D eigenvalue weighted by Gasteiger charge is -2.18. The van der Waals surface area contributed by atoms with Crippen molar-refractivity contribution in [2.75, 3.05) is 20.1 Å². The van der Waals surface area contributed by atoms with Gasteiger partial charge in [0.25, 0.3) is 0 Å². The summed E-state index contributed by atoms with van der Waals surface area (Å²) < 4.78 is 15.2. The zero-order valence-electron chi connectivity index (χ0n) is 15.0. The van der Waals surface area contributed by atoms with Gasteiger partial charge in [0.05, 0.1) is 11.0 Å². The van der Waals surface area contributed by atoms with E-state index < -0.39 is 0 Å². The number of likely N-dealkylation sites (N-methyl/N-ethyl adjacent to an activating group) is 1. The Kier molecular flexibility index (Phi) is 5.50. The molecule has 0 spiro atoms. The van der Waals surface area contributed by atoms with E-state index >= 15 is 0 Å². The van der Waals surface area contributed by atoms with Crippen LogP contribution in [0.3, 0.4) is 0 Å². The predicted octanol–water partition coefficient (Wildman–Crippen LogP) is 2.48. The number of imidazole rings is 2. The average Bonchev–Trinajstić information content (AvgIpc) is 3.21. The van der Waals surface area contributed by atoms with Crippen LogP contribution in [0.4, 0.5) is 9.18 Å². The number of aromatic nitrogens is 4. The molecule has 0 unspecified atom stereocenters. The minimum Gasteiger partial charge on any atom is -0.342 e. The SMILES string of the molecule is Cc1nccn1CCN(C)C(=O)NCCCc1nc2ccc(F)cc2[nH]1. The van der Waals surface area contributed by atoms with Crippen molar-refractivity contribution in [1.82, 2.24) is 29.7 Å². The molecule has 0 aliphatic rings. The quantitative estimate of drug-likeness (QED) is 0.637. The van der Waals surface area contributed by atoms with E-state index in [0.717, 1.165) is 23.6 Å². The molecule has 138 valence electrons. The van der Waals surface area contributed by atoms with Gasteiger partial charge in [0.1, 0.15) is 17.5 Å². The number of carbonyl (C=O) groups excluding carboxylic acids is 1. The molecule has 0 saturated carbocycles. The van der Waals surface area contributed by atoms with Gasteiger partial charge in [-0.3, -0.25) is 0 Å². The van der Waals surface area contributed by atoms with Gasteiger partial charge in [-0.2, -0.15) is 0 Å². The highest BCUT2D eigenvalue weighted by atomic mass is 19.1. The van der Waals surface area contributed by atoms with Crippen molar-refractivity contribution in [3.63, 3.8) is 0 Å². The van der Waals surface area contributed by atoms with E-state index in [0.29, 0.717) is 31.6 Å². The van der Waals surface area contributed by atoms with E-state index in [1.807, 2.05) is 17.7 Å². The summed E-state index contributed by atoms with van der Waals surface area (Å²) in [5.74, 6) is 1.45. The van der Waals surface area contributed by atoms with Crippen LogP contribution in [0.5, 0.6) is 0 Å². The van der Waals surface area contributed by atoms with Crippen molar-refractivity contribution in [1.29, 1.82) is 0 Å². The van der Waals surface area contributed by atoms with Crippen molar-refractivity contribution in [2.24, 2.45) is 0 Å². The highest BCUT2D eigenvalue weighted by Gasteiger charge is 2.09. The Morgan fingerprint density at radius 1 is 1.42 bits per heavy atom. The fourth-order valence-electron chi connectivity index (χ4n) is 2.74. The highest BCUT2D eigenvalue weighted by Crippen LogP contribution is 2.13. The molecular weight excluding hydrogens is 335 g/mol. The van der Waals surface area contributed by atoms with Crippen LogP contribution >= 0.6 is 0 Å². The predicted molar refractivity (Wildman–Crippen MR) is 97.4 cm³/mol. The molecule has 1 aromatic carbocycles. The topological polar surface area (TPSA) is 78.8 Å². The van der Waals surface area contributed by atoms with Crippen molar-refractivity contribution in [3.8, 4) is 0 Å². The number of aryl methyl sites for hydroxylation is 2. The standard InChI is InChI=1S/C18H23FN6O/c1-13-20-8-9-25(13)11-10-24(2)18(26)21-7-3-4-17-22-15-6-5-14(19)12-16(15)23-17/h5-6,8-9,12H,3-4,7,10-11H2,1-2H3,(H,21,26)(H,22,23). The van der Waals surface area contributed by atoms with E-state index in [1.54, 1.807) is 24.2 Å². The first-order chi connectivity index (χ1) is 12.5. The number of H-pyrrole nitrogens is 1. The van der Waals surface area contributed by atoms with Gasteiger partial charge < -0.3 is 19.8 Å². The van der Waals surface area contributed by atoms with Crippen LogP contribution in [0, 0.1) is 12.7 Å². The fraction of sp³-hybridized carbons (Fsp3) is 0.389. The first-order valence-corrected chi connectivity index (χ1v) is 8.64. The van der Waals surface area contributed by atoms with Crippen molar-refractivity contribution in [2.45, 2.75) is 26.3 Å². The van der Waals surface area contributed by atoms with E-state index in [4.69, 9.17) is 0 Å². The molecule has 7 nitrogen and oxygen atoms in total. The Morgan fingerprint density at radius 2 is 2.27 bits per heavy atom. The van der Waals surface area contributed by atoms with Crippen LogP contribution in [0.2, 0.25) is 0 Å². The molecule has 0 radical (unpaired) electrons. The van der Waals surface area contributed by atoms with Gasteiger partial charge in [-0.05, 0) is 31.5 Å². The first-order valence-electron chi connectivity index (χ1n) is 8.64. The number of hydrogen-bond donors (Lipinski definition) is 2. The number of amides is 2.